The molecule has 100 valence electrons. The molecule has 3 heteroatoms. The van der Waals surface area contributed by atoms with Gasteiger partial charge in [0.2, 0.25) is 0 Å². The van der Waals surface area contributed by atoms with Crippen molar-refractivity contribution in [2.24, 2.45) is 0 Å². The van der Waals surface area contributed by atoms with Crippen LogP contribution < -0.4 is 0 Å². The summed E-state index contributed by atoms with van der Waals surface area (Å²) in [4.78, 5) is 0. The Kier molecular flexibility index (Phi) is 5.17. The molecule has 1 aliphatic rings. The van der Waals surface area contributed by atoms with Gasteiger partial charge < -0.3 is 14.6 Å². The lowest BCUT2D eigenvalue weighted by Gasteiger charge is -2.19. The van der Waals surface area contributed by atoms with E-state index >= 15 is 0 Å². The molecule has 1 N–H and O–H groups in total. The monoisotopic (exact) mass is 250 g/mol. The molecule has 0 unspecified atom stereocenters. The fraction of sp³-hybridized carbons (Fsp3) is 0.600. The van der Waals surface area contributed by atoms with Crippen molar-refractivity contribution in [3.8, 4) is 0 Å². The molecule has 3 atom stereocenters. The Morgan fingerprint density at radius 2 is 2.06 bits per heavy atom. The van der Waals surface area contributed by atoms with Gasteiger partial charge in [0.15, 0.2) is 6.29 Å². The zero-order valence-corrected chi connectivity index (χ0v) is 10.9. The van der Waals surface area contributed by atoms with E-state index in [2.05, 4.69) is 19.1 Å². The second kappa shape index (κ2) is 6.88. The van der Waals surface area contributed by atoms with Crippen molar-refractivity contribution in [2.45, 2.75) is 44.5 Å². The van der Waals surface area contributed by atoms with Crippen molar-refractivity contribution < 1.29 is 14.6 Å². The number of hydrogen-bond acceptors (Lipinski definition) is 3. The number of ether oxygens (including phenoxy) is 2. The van der Waals surface area contributed by atoms with E-state index in [1.54, 1.807) is 0 Å². The molecule has 0 aromatic heterocycles. The largest absolute Gasteiger partial charge is 0.396 e. The smallest absolute Gasteiger partial charge is 0.164 e. The highest BCUT2D eigenvalue weighted by atomic mass is 16.7. The molecule has 0 saturated carbocycles. The fourth-order valence-electron chi connectivity index (χ4n) is 2.28. The molecule has 1 aromatic rings. The van der Waals surface area contributed by atoms with Crippen LogP contribution in [-0.2, 0) is 9.47 Å². The van der Waals surface area contributed by atoms with Gasteiger partial charge in [0.05, 0.1) is 12.7 Å². The minimum atomic E-state index is -0.133. The van der Waals surface area contributed by atoms with Gasteiger partial charge in [0, 0.05) is 12.5 Å². The minimum absolute atomic E-state index is 0.133. The molecule has 1 heterocycles. The molecule has 0 spiro atoms. The van der Waals surface area contributed by atoms with E-state index in [-0.39, 0.29) is 24.9 Å². The number of unbranched alkanes of at least 4 members (excludes halogenated alkanes) is 1. The maximum Gasteiger partial charge on any atom is 0.164 e. The Bertz CT molecular complexity index is 339. The average molecular weight is 250 g/mol. The zero-order chi connectivity index (χ0) is 12.8. The molecule has 18 heavy (non-hydrogen) atoms. The van der Waals surface area contributed by atoms with E-state index in [0.717, 1.165) is 19.3 Å². The average Bonchev–Trinajstić information content (AvgIpc) is 2.88. The molecule has 3 nitrogen and oxygen atoms in total. The van der Waals surface area contributed by atoms with Gasteiger partial charge in [-0.25, -0.2) is 0 Å². The lowest BCUT2D eigenvalue weighted by molar-refractivity contribution is -0.0729. The van der Waals surface area contributed by atoms with E-state index in [1.165, 1.54) is 5.56 Å². The second-order valence-electron chi connectivity index (χ2n) is 4.88. The van der Waals surface area contributed by atoms with Crippen LogP contribution >= 0.6 is 0 Å². The Morgan fingerprint density at radius 1 is 1.28 bits per heavy atom. The molecule has 1 saturated heterocycles. The highest BCUT2D eigenvalue weighted by Gasteiger charge is 2.30. The highest BCUT2D eigenvalue weighted by molar-refractivity contribution is 5.19. The number of hydrogen-bond donors (Lipinski definition) is 1. The van der Waals surface area contributed by atoms with Crippen molar-refractivity contribution >= 4 is 0 Å². The minimum Gasteiger partial charge on any atom is -0.396 e. The van der Waals surface area contributed by atoms with Crippen LogP contribution in [0.1, 0.15) is 37.7 Å². The van der Waals surface area contributed by atoms with Crippen LogP contribution in [0.15, 0.2) is 30.3 Å². The summed E-state index contributed by atoms with van der Waals surface area (Å²) in [5.41, 5.74) is 1.25. The molecule has 0 amide bonds. The van der Waals surface area contributed by atoms with Gasteiger partial charge in [0.25, 0.3) is 0 Å². The van der Waals surface area contributed by atoms with Gasteiger partial charge in [-0.2, -0.15) is 0 Å². The fourth-order valence-corrected chi connectivity index (χ4v) is 2.28. The van der Waals surface area contributed by atoms with Crippen molar-refractivity contribution in [3.05, 3.63) is 35.9 Å². The van der Waals surface area contributed by atoms with Crippen LogP contribution in [0.3, 0.4) is 0 Å². The summed E-state index contributed by atoms with van der Waals surface area (Å²) in [5.74, 6) is 0.258. The van der Waals surface area contributed by atoms with Gasteiger partial charge in [-0.3, -0.25) is 0 Å². The topological polar surface area (TPSA) is 38.7 Å². The molecular weight excluding hydrogens is 228 g/mol. The lowest BCUT2D eigenvalue weighted by atomic mass is 10.0. The number of aliphatic hydroxyl groups excluding tert-OH is 1. The van der Waals surface area contributed by atoms with Gasteiger partial charge in [-0.05, 0) is 24.8 Å². The highest BCUT2D eigenvalue weighted by Crippen LogP contribution is 2.28. The summed E-state index contributed by atoms with van der Waals surface area (Å²) >= 11 is 0. The van der Waals surface area contributed by atoms with Crippen molar-refractivity contribution in [2.75, 3.05) is 13.2 Å². The number of aliphatic hydroxyl groups is 1. The first-order valence-corrected chi connectivity index (χ1v) is 6.74. The molecule has 2 rings (SSSR count). The summed E-state index contributed by atoms with van der Waals surface area (Å²) in [7, 11) is 0. The van der Waals surface area contributed by atoms with Crippen LogP contribution in [0.2, 0.25) is 0 Å². The van der Waals surface area contributed by atoms with E-state index in [9.17, 15) is 0 Å². The van der Waals surface area contributed by atoms with Crippen molar-refractivity contribution in [1.82, 2.24) is 0 Å². The normalized spacial score (nSPS) is 25.2. The molecule has 0 aliphatic carbocycles. The standard InChI is InChI=1S/C15H22O3/c1-12(13-7-3-2-4-8-13)15-17-11-14(18-15)9-5-6-10-16/h2-4,7-8,12,14-16H,5-6,9-11H2,1H3/t12-,14-,15-/m0/s1. The van der Waals surface area contributed by atoms with E-state index in [0.29, 0.717) is 6.61 Å². The van der Waals surface area contributed by atoms with Crippen LogP contribution in [0.5, 0.6) is 0 Å². The van der Waals surface area contributed by atoms with Crippen molar-refractivity contribution in [3.63, 3.8) is 0 Å². The maximum atomic E-state index is 8.76. The van der Waals surface area contributed by atoms with Gasteiger partial charge in [-0.1, -0.05) is 37.3 Å². The number of rotatable bonds is 6. The molecule has 1 aromatic carbocycles. The maximum absolute atomic E-state index is 8.76. The summed E-state index contributed by atoms with van der Waals surface area (Å²) in [5, 5.41) is 8.76. The third-order valence-electron chi connectivity index (χ3n) is 3.44. The Morgan fingerprint density at radius 3 is 2.78 bits per heavy atom. The first kappa shape index (κ1) is 13.5. The second-order valence-corrected chi connectivity index (χ2v) is 4.88. The summed E-state index contributed by atoms with van der Waals surface area (Å²) in [6.45, 7) is 3.07. The SMILES string of the molecule is C[C@@H](c1ccccc1)[C@H]1OC[C@H](CCCCO)O1. The summed E-state index contributed by atoms with van der Waals surface area (Å²) in [6, 6.07) is 10.3. The van der Waals surface area contributed by atoms with E-state index in [1.807, 2.05) is 18.2 Å². The van der Waals surface area contributed by atoms with Crippen LogP contribution in [-0.4, -0.2) is 30.7 Å². The van der Waals surface area contributed by atoms with Gasteiger partial charge >= 0.3 is 0 Å². The first-order chi connectivity index (χ1) is 8.81. The molecule has 0 bridgehead atoms. The van der Waals surface area contributed by atoms with Crippen LogP contribution in [0, 0.1) is 0 Å². The van der Waals surface area contributed by atoms with Crippen molar-refractivity contribution in [1.29, 1.82) is 0 Å². The molecule has 1 fully saturated rings. The molecule has 1 aliphatic heterocycles. The Hall–Kier alpha value is -0.900. The van der Waals surface area contributed by atoms with E-state index < -0.39 is 0 Å². The Labute approximate surface area is 109 Å². The predicted molar refractivity (Wildman–Crippen MR) is 70.4 cm³/mol. The number of benzene rings is 1. The van der Waals surface area contributed by atoms with Gasteiger partial charge in [0.1, 0.15) is 0 Å². The van der Waals surface area contributed by atoms with Gasteiger partial charge in [-0.15, -0.1) is 0 Å². The quantitative estimate of drug-likeness (QED) is 0.789. The summed E-state index contributed by atoms with van der Waals surface area (Å²) < 4.78 is 11.6. The third kappa shape index (κ3) is 3.55. The first-order valence-electron chi connectivity index (χ1n) is 6.74. The molecule has 0 radical (unpaired) electrons. The lowest BCUT2D eigenvalue weighted by Crippen LogP contribution is -2.18. The third-order valence-corrected chi connectivity index (χ3v) is 3.44. The predicted octanol–water partition coefficient (Wildman–Crippen LogP) is 2.69. The van der Waals surface area contributed by atoms with Crippen LogP contribution in [0.25, 0.3) is 0 Å². The zero-order valence-electron chi connectivity index (χ0n) is 10.9. The van der Waals surface area contributed by atoms with E-state index in [4.69, 9.17) is 14.6 Å². The molecular formula is C15H22O3. The Balaban J connectivity index is 1.81. The van der Waals surface area contributed by atoms with Crippen LogP contribution in [0.4, 0.5) is 0 Å². The summed E-state index contributed by atoms with van der Waals surface area (Å²) in [6.07, 6.45) is 2.87.